The number of carbonyl (C=O) groups is 1. The second-order valence-electron chi connectivity index (χ2n) is 8.05. The minimum absolute atomic E-state index is 0.207. The van der Waals surface area contributed by atoms with Gasteiger partial charge in [0.25, 0.3) is 0 Å². The smallest absolute Gasteiger partial charge is 0.230 e. The molecule has 1 aliphatic heterocycles. The van der Waals surface area contributed by atoms with Crippen molar-refractivity contribution in [2.24, 2.45) is 11.3 Å². The summed E-state index contributed by atoms with van der Waals surface area (Å²) >= 11 is 0. The van der Waals surface area contributed by atoms with Gasteiger partial charge in [0, 0.05) is 5.92 Å². The Kier molecular flexibility index (Phi) is 3.04. The molecular formula is C19H25NO2. The predicted octanol–water partition coefficient (Wildman–Crippen LogP) is 4.16. The summed E-state index contributed by atoms with van der Waals surface area (Å²) < 4.78 is 6.05. The fourth-order valence-electron chi connectivity index (χ4n) is 4.27. The van der Waals surface area contributed by atoms with Crippen LogP contribution in [-0.2, 0) is 4.79 Å². The van der Waals surface area contributed by atoms with E-state index in [1.165, 1.54) is 25.7 Å². The summed E-state index contributed by atoms with van der Waals surface area (Å²) in [7, 11) is 0. The van der Waals surface area contributed by atoms with Crippen molar-refractivity contribution in [1.82, 2.24) is 0 Å². The Balaban J connectivity index is 1.62. The molecule has 0 bridgehead atoms. The molecule has 22 heavy (non-hydrogen) atoms. The number of amides is 1. The molecule has 0 radical (unpaired) electrons. The number of carbonyl (C=O) groups excluding carboxylic acids is 1. The van der Waals surface area contributed by atoms with Crippen LogP contribution in [0.1, 0.15) is 52.4 Å². The van der Waals surface area contributed by atoms with Crippen LogP contribution in [0.2, 0.25) is 0 Å². The van der Waals surface area contributed by atoms with Crippen molar-refractivity contribution < 1.29 is 9.53 Å². The summed E-state index contributed by atoms with van der Waals surface area (Å²) in [6.45, 7) is 4.77. The molecule has 2 aliphatic carbocycles. The van der Waals surface area contributed by atoms with Crippen molar-refractivity contribution in [2.75, 3.05) is 11.4 Å². The highest BCUT2D eigenvalue weighted by Gasteiger charge is 2.48. The average Bonchev–Trinajstić information content (AvgIpc) is 3.23. The highest BCUT2D eigenvalue weighted by molar-refractivity contribution is 5.97. The fraction of sp³-hybridized carbons (Fsp3) is 0.632. The number of para-hydroxylation sites is 2. The summed E-state index contributed by atoms with van der Waals surface area (Å²) in [5, 5.41) is 0. The number of fused-ring (bicyclic) bond motifs is 1. The molecule has 1 spiro atoms. The van der Waals surface area contributed by atoms with Gasteiger partial charge in [-0.1, -0.05) is 18.6 Å². The molecule has 3 aliphatic rings. The molecule has 2 saturated carbocycles. The maximum absolute atomic E-state index is 13.2. The van der Waals surface area contributed by atoms with E-state index in [1.54, 1.807) is 0 Å². The van der Waals surface area contributed by atoms with Gasteiger partial charge < -0.3 is 9.64 Å². The SMILES string of the molecule is CC1(C)CN(C(=O)C2CCCC3(CC3)C2)c2ccccc2O1. The van der Waals surface area contributed by atoms with Crippen molar-refractivity contribution in [3.8, 4) is 5.75 Å². The van der Waals surface area contributed by atoms with Gasteiger partial charge >= 0.3 is 0 Å². The zero-order valence-corrected chi connectivity index (χ0v) is 13.6. The van der Waals surface area contributed by atoms with Gasteiger partial charge in [0.05, 0.1) is 12.2 Å². The van der Waals surface area contributed by atoms with Crippen LogP contribution in [0, 0.1) is 11.3 Å². The van der Waals surface area contributed by atoms with Crippen LogP contribution >= 0.6 is 0 Å². The average molecular weight is 299 g/mol. The fourth-order valence-corrected chi connectivity index (χ4v) is 4.27. The van der Waals surface area contributed by atoms with Crippen molar-refractivity contribution >= 4 is 11.6 Å². The van der Waals surface area contributed by atoms with Crippen LogP contribution in [0.3, 0.4) is 0 Å². The van der Waals surface area contributed by atoms with Gasteiger partial charge in [-0.3, -0.25) is 4.79 Å². The maximum Gasteiger partial charge on any atom is 0.230 e. The topological polar surface area (TPSA) is 29.5 Å². The van der Waals surface area contributed by atoms with Crippen molar-refractivity contribution in [2.45, 2.75) is 58.0 Å². The normalized spacial score (nSPS) is 27.9. The van der Waals surface area contributed by atoms with Gasteiger partial charge in [0.15, 0.2) is 0 Å². The molecule has 1 heterocycles. The lowest BCUT2D eigenvalue weighted by Crippen LogP contribution is -2.51. The first kappa shape index (κ1) is 14.1. The van der Waals surface area contributed by atoms with E-state index in [1.807, 2.05) is 29.2 Å². The number of nitrogens with zero attached hydrogens (tertiary/aromatic N) is 1. The van der Waals surface area contributed by atoms with Gasteiger partial charge in [-0.2, -0.15) is 0 Å². The molecule has 1 unspecified atom stereocenters. The Labute approximate surface area is 132 Å². The molecule has 2 fully saturated rings. The molecule has 1 amide bonds. The highest BCUT2D eigenvalue weighted by Crippen LogP contribution is 2.58. The van der Waals surface area contributed by atoms with Crippen LogP contribution in [0.4, 0.5) is 5.69 Å². The van der Waals surface area contributed by atoms with Gasteiger partial charge in [0.2, 0.25) is 5.91 Å². The lowest BCUT2D eigenvalue weighted by Gasteiger charge is -2.42. The minimum Gasteiger partial charge on any atom is -0.484 e. The van der Waals surface area contributed by atoms with E-state index in [-0.39, 0.29) is 11.5 Å². The second-order valence-corrected chi connectivity index (χ2v) is 8.05. The van der Waals surface area contributed by atoms with Crippen LogP contribution in [0.15, 0.2) is 24.3 Å². The van der Waals surface area contributed by atoms with Crippen LogP contribution in [0.25, 0.3) is 0 Å². The molecular weight excluding hydrogens is 274 g/mol. The summed E-state index contributed by atoms with van der Waals surface area (Å²) in [6, 6.07) is 7.95. The Morgan fingerprint density at radius 2 is 2.00 bits per heavy atom. The standard InChI is InChI=1S/C19H25NO2/c1-18(2)13-20(15-7-3-4-8-16(15)22-18)17(21)14-6-5-9-19(12-14)10-11-19/h3-4,7-8,14H,5-6,9-13H2,1-2H3. The van der Waals surface area contributed by atoms with Gasteiger partial charge in [0.1, 0.15) is 11.4 Å². The number of hydrogen-bond donors (Lipinski definition) is 0. The van der Waals surface area contributed by atoms with E-state index in [0.29, 0.717) is 17.9 Å². The van der Waals surface area contributed by atoms with Crippen LogP contribution in [0.5, 0.6) is 5.75 Å². The number of benzene rings is 1. The monoisotopic (exact) mass is 299 g/mol. The van der Waals surface area contributed by atoms with Crippen molar-refractivity contribution in [3.63, 3.8) is 0 Å². The minimum atomic E-state index is -0.323. The molecule has 4 rings (SSSR count). The summed E-state index contributed by atoms with van der Waals surface area (Å²) in [5.41, 5.74) is 1.15. The molecule has 1 atom stereocenters. The largest absolute Gasteiger partial charge is 0.484 e. The second kappa shape index (κ2) is 4.74. The summed E-state index contributed by atoms with van der Waals surface area (Å²) in [6.07, 6.45) is 7.38. The van der Waals surface area contributed by atoms with E-state index in [0.717, 1.165) is 24.3 Å². The lowest BCUT2D eigenvalue weighted by molar-refractivity contribution is -0.125. The Morgan fingerprint density at radius 3 is 2.77 bits per heavy atom. The third-order valence-electron chi connectivity index (χ3n) is 5.59. The Bertz CT molecular complexity index is 603. The van der Waals surface area contributed by atoms with E-state index in [9.17, 15) is 4.79 Å². The first-order valence-corrected chi connectivity index (χ1v) is 8.58. The Morgan fingerprint density at radius 1 is 1.23 bits per heavy atom. The highest BCUT2D eigenvalue weighted by atomic mass is 16.5. The summed E-state index contributed by atoms with van der Waals surface area (Å²) in [4.78, 5) is 15.2. The molecule has 1 aromatic rings. The van der Waals surface area contributed by atoms with E-state index in [4.69, 9.17) is 4.74 Å². The zero-order valence-electron chi connectivity index (χ0n) is 13.6. The maximum atomic E-state index is 13.2. The molecule has 3 heteroatoms. The molecule has 0 aromatic heterocycles. The number of anilines is 1. The first-order chi connectivity index (χ1) is 10.5. The molecule has 0 N–H and O–H groups in total. The number of ether oxygens (including phenoxy) is 1. The zero-order chi connectivity index (χ0) is 15.4. The number of hydrogen-bond acceptors (Lipinski definition) is 2. The van der Waals surface area contributed by atoms with Crippen molar-refractivity contribution in [1.29, 1.82) is 0 Å². The summed E-state index contributed by atoms with van der Waals surface area (Å²) in [5.74, 6) is 1.36. The van der Waals surface area contributed by atoms with Gasteiger partial charge in [-0.15, -0.1) is 0 Å². The van der Waals surface area contributed by atoms with Crippen molar-refractivity contribution in [3.05, 3.63) is 24.3 Å². The van der Waals surface area contributed by atoms with Gasteiger partial charge in [-0.25, -0.2) is 0 Å². The van der Waals surface area contributed by atoms with Gasteiger partial charge in [-0.05, 0) is 63.5 Å². The van der Waals surface area contributed by atoms with E-state index in [2.05, 4.69) is 13.8 Å². The number of rotatable bonds is 1. The van der Waals surface area contributed by atoms with Crippen LogP contribution in [-0.4, -0.2) is 18.1 Å². The van der Waals surface area contributed by atoms with Crippen LogP contribution < -0.4 is 9.64 Å². The third kappa shape index (κ3) is 2.41. The van der Waals surface area contributed by atoms with E-state index < -0.39 is 0 Å². The molecule has 1 aromatic carbocycles. The molecule has 0 saturated heterocycles. The predicted molar refractivity (Wildman–Crippen MR) is 87.1 cm³/mol. The molecule has 3 nitrogen and oxygen atoms in total. The third-order valence-corrected chi connectivity index (χ3v) is 5.59. The lowest BCUT2D eigenvalue weighted by atomic mass is 9.78. The Hall–Kier alpha value is -1.51. The van der Waals surface area contributed by atoms with E-state index >= 15 is 0 Å². The molecule has 118 valence electrons. The quantitative estimate of drug-likeness (QED) is 0.779. The first-order valence-electron chi connectivity index (χ1n) is 8.58.